The van der Waals surface area contributed by atoms with E-state index in [2.05, 4.69) is 22.0 Å². The van der Waals surface area contributed by atoms with Gasteiger partial charge in [-0.05, 0) is 43.2 Å². The lowest BCUT2D eigenvalue weighted by Gasteiger charge is -2.24. The molecule has 2 aliphatic rings. The summed E-state index contributed by atoms with van der Waals surface area (Å²) in [6, 6.07) is 0. The number of hydrogen-bond acceptors (Lipinski definition) is 5. The molecule has 1 saturated carbocycles. The number of anilines is 1. The van der Waals surface area contributed by atoms with Gasteiger partial charge in [-0.25, -0.2) is 0 Å². The Kier molecular flexibility index (Phi) is 3.63. The van der Waals surface area contributed by atoms with Crippen molar-refractivity contribution in [3.8, 4) is 0 Å². The molecule has 1 N–H and O–H groups in total. The first kappa shape index (κ1) is 13.4. The summed E-state index contributed by atoms with van der Waals surface area (Å²) in [6.45, 7) is 4.00. The monoisotopic (exact) mass is 279 g/mol. The van der Waals surface area contributed by atoms with Crippen LogP contribution in [-0.2, 0) is 4.79 Å². The molecule has 1 aromatic rings. The van der Waals surface area contributed by atoms with Gasteiger partial charge in [0, 0.05) is 13.1 Å². The zero-order chi connectivity index (χ0) is 14.1. The van der Waals surface area contributed by atoms with E-state index in [9.17, 15) is 9.90 Å². The fraction of sp³-hybridized carbons (Fsp3) is 0.786. The molecule has 3 unspecified atom stereocenters. The highest BCUT2D eigenvalue weighted by molar-refractivity contribution is 5.71. The van der Waals surface area contributed by atoms with E-state index in [0.717, 1.165) is 32.4 Å². The van der Waals surface area contributed by atoms with Gasteiger partial charge in [-0.15, -0.1) is 0 Å². The topological polar surface area (TPSA) is 79.5 Å². The average Bonchev–Trinajstić information content (AvgIpc) is 3.06. The SMILES string of the molecule is CC1CC(C(=O)O)C(c2nc(N3CCCCC3)no2)C1. The maximum atomic E-state index is 11.3. The summed E-state index contributed by atoms with van der Waals surface area (Å²) in [7, 11) is 0. The highest BCUT2D eigenvalue weighted by Gasteiger charge is 2.41. The molecule has 1 aliphatic carbocycles. The standard InChI is InChI=1S/C14H21N3O3/c1-9-7-10(11(8-9)13(18)19)12-15-14(16-20-12)17-5-3-2-4-6-17/h9-11H,2-8H2,1H3,(H,18,19). The Hall–Kier alpha value is -1.59. The van der Waals surface area contributed by atoms with Crippen LogP contribution >= 0.6 is 0 Å². The molecule has 0 spiro atoms. The van der Waals surface area contributed by atoms with Crippen LogP contribution in [-0.4, -0.2) is 34.3 Å². The van der Waals surface area contributed by atoms with Crippen molar-refractivity contribution in [2.75, 3.05) is 18.0 Å². The van der Waals surface area contributed by atoms with Crippen LogP contribution in [0.3, 0.4) is 0 Å². The normalized spacial score (nSPS) is 30.6. The van der Waals surface area contributed by atoms with Gasteiger partial charge >= 0.3 is 5.97 Å². The second-order valence-electron chi connectivity index (χ2n) is 6.11. The number of carbonyl (C=O) groups is 1. The van der Waals surface area contributed by atoms with Crippen LogP contribution in [0.5, 0.6) is 0 Å². The van der Waals surface area contributed by atoms with Gasteiger partial charge in [-0.3, -0.25) is 4.79 Å². The number of piperidine rings is 1. The minimum atomic E-state index is -0.753. The number of nitrogens with zero attached hydrogens (tertiary/aromatic N) is 3. The summed E-state index contributed by atoms with van der Waals surface area (Å²) in [5, 5.41) is 13.4. The zero-order valence-electron chi connectivity index (χ0n) is 11.8. The lowest BCUT2D eigenvalue weighted by molar-refractivity contribution is -0.142. The molecule has 20 heavy (non-hydrogen) atoms. The quantitative estimate of drug-likeness (QED) is 0.914. The molecular weight excluding hydrogens is 258 g/mol. The highest BCUT2D eigenvalue weighted by atomic mass is 16.5. The summed E-state index contributed by atoms with van der Waals surface area (Å²) < 4.78 is 5.36. The summed E-state index contributed by atoms with van der Waals surface area (Å²) >= 11 is 0. The third kappa shape index (κ3) is 2.51. The van der Waals surface area contributed by atoms with Crippen LogP contribution in [0.25, 0.3) is 0 Å². The van der Waals surface area contributed by atoms with Crippen LogP contribution in [0.1, 0.15) is 50.8 Å². The molecule has 1 aromatic heterocycles. The number of hydrogen-bond donors (Lipinski definition) is 1. The second kappa shape index (κ2) is 5.42. The highest BCUT2D eigenvalue weighted by Crippen LogP contribution is 2.42. The lowest BCUT2D eigenvalue weighted by Crippen LogP contribution is -2.30. The van der Waals surface area contributed by atoms with Gasteiger partial charge in [0.1, 0.15) is 0 Å². The molecule has 2 fully saturated rings. The number of aromatic nitrogens is 2. The third-order valence-electron chi connectivity index (χ3n) is 4.50. The third-order valence-corrected chi connectivity index (χ3v) is 4.50. The number of rotatable bonds is 3. The van der Waals surface area contributed by atoms with E-state index in [0.29, 0.717) is 24.2 Å². The molecular formula is C14H21N3O3. The molecule has 110 valence electrons. The molecule has 6 nitrogen and oxygen atoms in total. The van der Waals surface area contributed by atoms with Crippen LogP contribution in [0.2, 0.25) is 0 Å². The van der Waals surface area contributed by atoms with E-state index in [1.165, 1.54) is 6.42 Å². The Morgan fingerprint density at radius 1 is 1.30 bits per heavy atom. The molecule has 1 aliphatic heterocycles. The van der Waals surface area contributed by atoms with Crippen LogP contribution in [0.4, 0.5) is 5.95 Å². The van der Waals surface area contributed by atoms with Crippen molar-refractivity contribution in [2.45, 2.75) is 44.9 Å². The first-order valence-corrected chi connectivity index (χ1v) is 7.46. The van der Waals surface area contributed by atoms with Crippen molar-refractivity contribution < 1.29 is 14.4 Å². The lowest BCUT2D eigenvalue weighted by atomic mass is 9.96. The van der Waals surface area contributed by atoms with E-state index < -0.39 is 5.97 Å². The van der Waals surface area contributed by atoms with Crippen molar-refractivity contribution in [2.24, 2.45) is 11.8 Å². The van der Waals surface area contributed by atoms with Gasteiger partial charge in [0.25, 0.3) is 5.95 Å². The Balaban J connectivity index is 1.77. The first-order chi connectivity index (χ1) is 9.65. The predicted molar refractivity (Wildman–Crippen MR) is 72.6 cm³/mol. The molecule has 0 amide bonds. The Morgan fingerprint density at radius 2 is 2.05 bits per heavy atom. The Labute approximate surface area is 118 Å². The van der Waals surface area contributed by atoms with Gasteiger partial charge < -0.3 is 14.5 Å². The first-order valence-electron chi connectivity index (χ1n) is 7.46. The molecule has 6 heteroatoms. The molecule has 3 rings (SSSR count). The van der Waals surface area contributed by atoms with Gasteiger partial charge in [0.15, 0.2) is 0 Å². The fourth-order valence-corrected chi connectivity index (χ4v) is 3.44. The minimum Gasteiger partial charge on any atom is -0.481 e. The molecule has 0 radical (unpaired) electrons. The maximum Gasteiger partial charge on any atom is 0.307 e. The van der Waals surface area contributed by atoms with Gasteiger partial charge in [-0.2, -0.15) is 4.98 Å². The predicted octanol–water partition coefficient (Wildman–Crippen LogP) is 2.27. The molecule has 0 bridgehead atoms. The van der Waals surface area contributed by atoms with Crippen LogP contribution in [0, 0.1) is 11.8 Å². The number of carboxylic acids is 1. The average molecular weight is 279 g/mol. The van der Waals surface area contributed by atoms with Gasteiger partial charge in [-0.1, -0.05) is 6.92 Å². The van der Waals surface area contributed by atoms with Crippen molar-refractivity contribution in [3.63, 3.8) is 0 Å². The minimum absolute atomic E-state index is 0.131. The fourth-order valence-electron chi connectivity index (χ4n) is 3.44. The largest absolute Gasteiger partial charge is 0.481 e. The summed E-state index contributed by atoms with van der Waals surface area (Å²) in [5.41, 5.74) is 0. The van der Waals surface area contributed by atoms with E-state index >= 15 is 0 Å². The summed E-state index contributed by atoms with van der Waals surface area (Å²) in [6.07, 6.45) is 5.08. The van der Waals surface area contributed by atoms with E-state index in [-0.39, 0.29) is 11.8 Å². The van der Waals surface area contributed by atoms with Gasteiger partial charge in [0.05, 0.1) is 11.8 Å². The van der Waals surface area contributed by atoms with Crippen molar-refractivity contribution in [1.82, 2.24) is 10.1 Å². The van der Waals surface area contributed by atoms with Gasteiger partial charge in [0.2, 0.25) is 5.89 Å². The molecule has 3 atom stereocenters. The number of aliphatic carboxylic acids is 1. The zero-order valence-corrected chi connectivity index (χ0v) is 11.8. The molecule has 1 saturated heterocycles. The smallest absolute Gasteiger partial charge is 0.307 e. The number of carboxylic acid groups (broad SMARTS) is 1. The summed E-state index contributed by atoms with van der Waals surface area (Å²) in [4.78, 5) is 17.9. The summed E-state index contributed by atoms with van der Waals surface area (Å²) in [5.74, 6) is 0.252. The van der Waals surface area contributed by atoms with E-state index in [1.54, 1.807) is 0 Å². The Bertz CT molecular complexity index is 482. The van der Waals surface area contributed by atoms with E-state index in [1.807, 2.05) is 0 Å². The van der Waals surface area contributed by atoms with Crippen molar-refractivity contribution in [3.05, 3.63) is 5.89 Å². The van der Waals surface area contributed by atoms with Crippen LogP contribution in [0.15, 0.2) is 4.52 Å². The Morgan fingerprint density at radius 3 is 2.75 bits per heavy atom. The van der Waals surface area contributed by atoms with Crippen molar-refractivity contribution >= 4 is 11.9 Å². The molecule has 0 aromatic carbocycles. The second-order valence-corrected chi connectivity index (χ2v) is 6.11. The van der Waals surface area contributed by atoms with Crippen molar-refractivity contribution in [1.29, 1.82) is 0 Å². The van der Waals surface area contributed by atoms with E-state index in [4.69, 9.17) is 4.52 Å². The molecule has 2 heterocycles. The van der Waals surface area contributed by atoms with Crippen LogP contribution < -0.4 is 4.90 Å². The maximum absolute atomic E-state index is 11.3.